The number of fused-ring (bicyclic) bond motifs is 1. The molecule has 0 bridgehead atoms. The maximum atomic E-state index is 12.8. The average Bonchev–Trinajstić information content (AvgIpc) is 3.08. The third-order valence-corrected chi connectivity index (χ3v) is 5.61. The fourth-order valence-electron chi connectivity index (χ4n) is 3.10. The van der Waals surface area contributed by atoms with Gasteiger partial charge in [0.1, 0.15) is 29.3 Å². The zero-order valence-corrected chi connectivity index (χ0v) is 16.9. The highest BCUT2D eigenvalue weighted by atomic mass is 32.2. The quantitative estimate of drug-likeness (QED) is 0.481. The van der Waals surface area contributed by atoms with Gasteiger partial charge in [-0.1, -0.05) is 0 Å². The van der Waals surface area contributed by atoms with E-state index in [4.69, 9.17) is 9.47 Å². The number of hydrazine groups is 1. The van der Waals surface area contributed by atoms with E-state index in [1.165, 1.54) is 11.8 Å². The van der Waals surface area contributed by atoms with Crippen LogP contribution in [-0.4, -0.2) is 76.9 Å². The zero-order valence-electron chi connectivity index (χ0n) is 16.0. The van der Waals surface area contributed by atoms with Crippen molar-refractivity contribution in [1.82, 2.24) is 20.7 Å². The molecule has 27 heavy (non-hydrogen) atoms. The summed E-state index contributed by atoms with van der Waals surface area (Å²) in [6.07, 6.45) is 0. The summed E-state index contributed by atoms with van der Waals surface area (Å²) < 4.78 is 10.6. The van der Waals surface area contributed by atoms with Crippen LogP contribution in [0.15, 0.2) is 11.3 Å². The molecule has 0 aromatic heterocycles. The Morgan fingerprint density at radius 1 is 1.37 bits per heavy atom. The molecule has 1 unspecified atom stereocenters. The maximum Gasteiger partial charge on any atom is 0.355 e. The van der Waals surface area contributed by atoms with E-state index < -0.39 is 17.5 Å². The molecule has 3 rings (SSSR count). The van der Waals surface area contributed by atoms with Crippen molar-refractivity contribution in [3.63, 3.8) is 0 Å². The van der Waals surface area contributed by atoms with Gasteiger partial charge in [0.2, 0.25) is 5.91 Å². The van der Waals surface area contributed by atoms with Crippen LogP contribution in [0.2, 0.25) is 0 Å². The largest absolute Gasteiger partial charge is 0.461 e. The van der Waals surface area contributed by atoms with Gasteiger partial charge in [-0.25, -0.2) is 15.2 Å². The molecule has 3 aliphatic heterocycles. The molecule has 0 aromatic carbocycles. The summed E-state index contributed by atoms with van der Waals surface area (Å²) in [4.78, 5) is 38.3. The van der Waals surface area contributed by atoms with Crippen LogP contribution in [0.3, 0.4) is 0 Å². The minimum atomic E-state index is -0.691. The Kier molecular flexibility index (Phi) is 5.80. The minimum Gasteiger partial charge on any atom is -0.461 e. The molecule has 0 aromatic rings. The maximum absolute atomic E-state index is 12.8. The highest BCUT2D eigenvalue weighted by Gasteiger charge is 2.54. The molecular weight excluding hydrogens is 372 g/mol. The number of amides is 1. The van der Waals surface area contributed by atoms with Crippen LogP contribution in [0, 0.1) is 0 Å². The molecule has 2 N–H and O–H groups in total. The van der Waals surface area contributed by atoms with Gasteiger partial charge in [-0.3, -0.25) is 14.5 Å². The second kappa shape index (κ2) is 7.78. The molecular formula is C17H26N4O5S. The fraction of sp³-hybridized carbons (Fsp3) is 0.706. The molecule has 0 spiro atoms. The van der Waals surface area contributed by atoms with E-state index >= 15 is 0 Å². The number of carbonyl (C=O) groups is 3. The highest BCUT2D eigenvalue weighted by molar-refractivity contribution is 8.00. The lowest BCUT2D eigenvalue weighted by atomic mass is 10.0. The second-order valence-electron chi connectivity index (χ2n) is 7.67. The third-order valence-electron chi connectivity index (χ3n) is 4.27. The number of hydrogen-bond donors (Lipinski definition) is 2. The topological polar surface area (TPSA) is 100 Å². The summed E-state index contributed by atoms with van der Waals surface area (Å²) in [6, 6.07) is -0.386. The van der Waals surface area contributed by atoms with Crippen LogP contribution < -0.4 is 10.7 Å². The molecule has 0 aliphatic carbocycles. The number of ether oxygens (including phenoxy) is 2. The Hall–Kier alpha value is -1.62. The van der Waals surface area contributed by atoms with Crippen LogP contribution in [0.4, 0.5) is 0 Å². The second-order valence-corrected chi connectivity index (χ2v) is 8.78. The van der Waals surface area contributed by atoms with Crippen molar-refractivity contribution in [3.05, 3.63) is 11.3 Å². The van der Waals surface area contributed by atoms with Crippen molar-refractivity contribution in [2.24, 2.45) is 0 Å². The van der Waals surface area contributed by atoms with Crippen LogP contribution in [0.25, 0.3) is 0 Å². The van der Waals surface area contributed by atoms with Gasteiger partial charge in [0, 0.05) is 31.3 Å². The molecule has 0 radical (unpaired) electrons. The number of hydrogen-bond acceptors (Lipinski definition) is 9. The number of β-lactam (4-membered cyclic amide) rings is 1. The first kappa shape index (κ1) is 20.1. The molecule has 3 heterocycles. The summed E-state index contributed by atoms with van der Waals surface area (Å²) in [5.41, 5.74) is 3.34. The molecule has 2 fully saturated rings. The van der Waals surface area contributed by atoms with Crippen molar-refractivity contribution in [3.8, 4) is 0 Å². The van der Waals surface area contributed by atoms with Gasteiger partial charge in [0.25, 0.3) is 0 Å². The summed E-state index contributed by atoms with van der Waals surface area (Å²) in [5, 5.41) is 4.97. The van der Waals surface area contributed by atoms with Crippen LogP contribution in [0.1, 0.15) is 27.7 Å². The van der Waals surface area contributed by atoms with Crippen molar-refractivity contribution in [1.29, 1.82) is 0 Å². The van der Waals surface area contributed by atoms with Gasteiger partial charge in [-0.05, 0) is 20.8 Å². The van der Waals surface area contributed by atoms with Crippen molar-refractivity contribution in [2.45, 2.75) is 44.7 Å². The van der Waals surface area contributed by atoms with Gasteiger partial charge in [-0.15, -0.1) is 11.8 Å². The van der Waals surface area contributed by atoms with E-state index in [1.807, 2.05) is 5.01 Å². The van der Waals surface area contributed by atoms with E-state index in [0.717, 1.165) is 13.1 Å². The van der Waals surface area contributed by atoms with Gasteiger partial charge in [0.15, 0.2) is 0 Å². The van der Waals surface area contributed by atoms with E-state index in [1.54, 1.807) is 32.5 Å². The molecule has 1 amide bonds. The molecule has 9 nitrogen and oxygen atoms in total. The van der Waals surface area contributed by atoms with Crippen LogP contribution in [-0.2, 0) is 23.9 Å². The van der Waals surface area contributed by atoms with Crippen LogP contribution in [0.5, 0.6) is 0 Å². The standard InChI is InChI=1S/C17H26N4O5S/c1-10(22)25-7-11-8-27-15-12(19-20-6-5-18-9-20)14(23)21(15)13(11)16(24)26-17(2,3)4/h12,15,18-19H,5-9H2,1-4H3/t12?,15-/m0/s1. The van der Waals surface area contributed by atoms with E-state index in [-0.39, 0.29) is 29.6 Å². The van der Waals surface area contributed by atoms with Gasteiger partial charge in [0.05, 0.1) is 6.67 Å². The number of carbonyl (C=O) groups excluding carboxylic acids is 3. The number of esters is 2. The molecule has 2 atom stereocenters. The number of nitrogens with one attached hydrogen (secondary N) is 2. The SMILES string of the molecule is CC(=O)OCC1=C(C(=O)OC(C)(C)C)N2C(=O)C(NN3CCNC3)[C@@H]2SC1. The Bertz CT molecular complexity index is 669. The lowest BCUT2D eigenvalue weighted by Crippen LogP contribution is -2.72. The molecule has 3 aliphatic rings. The number of thioether (sulfide) groups is 1. The van der Waals surface area contributed by atoms with E-state index in [2.05, 4.69) is 10.7 Å². The number of nitrogens with zero attached hydrogens (tertiary/aromatic N) is 2. The normalized spacial score (nSPS) is 25.9. The molecule has 2 saturated heterocycles. The fourth-order valence-corrected chi connectivity index (χ4v) is 4.42. The van der Waals surface area contributed by atoms with E-state index in [0.29, 0.717) is 18.0 Å². The summed E-state index contributed by atoms with van der Waals surface area (Å²) in [6.45, 7) is 8.96. The predicted molar refractivity (Wildman–Crippen MR) is 99.1 cm³/mol. The van der Waals surface area contributed by atoms with Gasteiger partial charge < -0.3 is 14.8 Å². The Balaban J connectivity index is 1.80. The summed E-state index contributed by atoms with van der Waals surface area (Å²) in [5.74, 6) is -0.689. The first-order chi connectivity index (χ1) is 12.7. The van der Waals surface area contributed by atoms with Crippen molar-refractivity contribution < 1.29 is 23.9 Å². The predicted octanol–water partition coefficient (Wildman–Crippen LogP) is -0.204. The third kappa shape index (κ3) is 4.45. The summed E-state index contributed by atoms with van der Waals surface area (Å²) >= 11 is 1.55. The first-order valence-corrected chi connectivity index (χ1v) is 9.97. The van der Waals surface area contributed by atoms with Gasteiger partial charge >= 0.3 is 11.9 Å². The Morgan fingerprint density at radius 2 is 2.11 bits per heavy atom. The van der Waals surface area contributed by atoms with Crippen molar-refractivity contribution >= 4 is 29.6 Å². The average molecular weight is 398 g/mol. The smallest absolute Gasteiger partial charge is 0.355 e. The summed E-state index contributed by atoms with van der Waals surface area (Å²) in [7, 11) is 0. The van der Waals surface area contributed by atoms with Crippen LogP contribution >= 0.6 is 11.8 Å². The number of rotatable bonds is 5. The molecule has 150 valence electrons. The zero-order chi connectivity index (χ0) is 19.8. The Morgan fingerprint density at radius 3 is 2.70 bits per heavy atom. The highest BCUT2D eigenvalue weighted by Crippen LogP contribution is 2.41. The molecule has 10 heteroatoms. The minimum absolute atomic E-state index is 0.0262. The van der Waals surface area contributed by atoms with Crippen molar-refractivity contribution in [2.75, 3.05) is 32.1 Å². The van der Waals surface area contributed by atoms with E-state index in [9.17, 15) is 14.4 Å². The lowest BCUT2D eigenvalue weighted by Gasteiger charge is -2.50. The lowest BCUT2D eigenvalue weighted by molar-refractivity contribution is -0.159. The van der Waals surface area contributed by atoms with Gasteiger partial charge in [-0.2, -0.15) is 0 Å². The monoisotopic (exact) mass is 398 g/mol. The Labute approximate surface area is 162 Å². The molecule has 0 saturated carbocycles. The first-order valence-electron chi connectivity index (χ1n) is 8.92.